The van der Waals surface area contributed by atoms with E-state index in [1.807, 2.05) is 37.3 Å². The second-order valence-electron chi connectivity index (χ2n) is 6.47. The molecule has 0 atom stereocenters. The van der Waals surface area contributed by atoms with Gasteiger partial charge in [0, 0.05) is 6.54 Å². The predicted molar refractivity (Wildman–Crippen MR) is 116 cm³/mol. The zero-order valence-corrected chi connectivity index (χ0v) is 18.2. The Balaban J connectivity index is 1.95. The first kappa shape index (κ1) is 23.4. The quantitative estimate of drug-likeness (QED) is 0.432. The maximum Gasteiger partial charge on any atom is 0.255 e. The van der Waals surface area contributed by atoms with E-state index in [2.05, 4.69) is 10.5 Å². The van der Waals surface area contributed by atoms with Gasteiger partial charge in [-0.05, 0) is 42.7 Å². The van der Waals surface area contributed by atoms with Crippen LogP contribution in [0.25, 0.3) is 0 Å². The van der Waals surface area contributed by atoms with Crippen LogP contribution in [0.4, 0.5) is 0 Å². The number of nitrogens with zero attached hydrogens (tertiary/aromatic N) is 2. The van der Waals surface area contributed by atoms with Crippen molar-refractivity contribution in [2.75, 3.05) is 33.1 Å². The molecule has 0 bridgehead atoms. The van der Waals surface area contributed by atoms with Gasteiger partial charge in [0.2, 0.25) is 10.0 Å². The van der Waals surface area contributed by atoms with E-state index in [9.17, 15) is 13.2 Å². The molecule has 2 aromatic carbocycles. The standard InChI is InChI=1S/C21H27N3O5S/c1-4-29-19-11-10-18(14-20(19)28-2)15-22-23-21(25)16-24(30(3,26)27)13-12-17-8-6-5-7-9-17/h5-11,14-15H,4,12-13,16H2,1-3H3,(H,23,25)/b22-15+. The number of hydrazone groups is 1. The Labute approximate surface area is 177 Å². The molecule has 1 N–H and O–H groups in total. The number of sulfonamides is 1. The van der Waals surface area contributed by atoms with Crippen molar-refractivity contribution >= 4 is 22.1 Å². The zero-order valence-electron chi connectivity index (χ0n) is 17.4. The summed E-state index contributed by atoms with van der Waals surface area (Å²) in [5.74, 6) is 0.641. The summed E-state index contributed by atoms with van der Waals surface area (Å²) in [5, 5.41) is 3.90. The Morgan fingerprint density at radius 3 is 2.53 bits per heavy atom. The van der Waals surface area contributed by atoms with E-state index in [-0.39, 0.29) is 13.1 Å². The molecule has 0 saturated carbocycles. The summed E-state index contributed by atoms with van der Waals surface area (Å²) in [4.78, 5) is 12.2. The van der Waals surface area contributed by atoms with Crippen LogP contribution < -0.4 is 14.9 Å². The molecule has 0 aromatic heterocycles. The number of amides is 1. The summed E-state index contributed by atoms with van der Waals surface area (Å²) < 4.78 is 35.9. The van der Waals surface area contributed by atoms with Crippen LogP contribution in [0.2, 0.25) is 0 Å². The van der Waals surface area contributed by atoms with Crippen molar-refractivity contribution in [1.29, 1.82) is 0 Å². The number of ether oxygens (including phenoxy) is 2. The highest BCUT2D eigenvalue weighted by molar-refractivity contribution is 7.88. The van der Waals surface area contributed by atoms with E-state index in [1.54, 1.807) is 18.2 Å². The first-order chi connectivity index (χ1) is 14.3. The Morgan fingerprint density at radius 1 is 1.17 bits per heavy atom. The van der Waals surface area contributed by atoms with Crippen molar-refractivity contribution in [2.45, 2.75) is 13.3 Å². The molecule has 0 heterocycles. The van der Waals surface area contributed by atoms with Crippen LogP contribution in [0.3, 0.4) is 0 Å². The lowest BCUT2D eigenvalue weighted by atomic mass is 10.1. The summed E-state index contributed by atoms with van der Waals surface area (Å²) >= 11 is 0. The predicted octanol–water partition coefficient (Wildman–Crippen LogP) is 2.05. The van der Waals surface area contributed by atoms with Crippen LogP contribution in [-0.2, 0) is 21.2 Å². The van der Waals surface area contributed by atoms with E-state index < -0.39 is 15.9 Å². The Kier molecular flexibility index (Phi) is 8.82. The number of hydrogen-bond acceptors (Lipinski definition) is 6. The van der Waals surface area contributed by atoms with Crippen LogP contribution >= 0.6 is 0 Å². The van der Waals surface area contributed by atoms with Crippen molar-refractivity contribution in [3.8, 4) is 11.5 Å². The van der Waals surface area contributed by atoms with Gasteiger partial charge in [-0.25, -0.2) is 13.8 Å². The van der Waals surface area contributed by atoms with Gasteiger partial charge in [0.1, 0.15) is 0 Å². The molecule has 0 aliphatic heterocycles. The molecule has 162 valence electrons. The molecule has 0 aliphatic rings. The second kappa shape index (κ2) is 11.3. The molecule has 0 spiro atoms. The molecule has 2 rings (SSSR count). The number of rotatable bonds is 11. The smallest absolute Gasteiger partial charge is 0.255 e. The Hall–Kier alpha value is -2.91. The third kappa shape index (κ3) is 7.49. The van der Waals surface area contributed by atoms with E-state index in [0.29, 0.717) is 30.1 Å². The van der Waals surface area contributed by atoms with E-state index >= 15 is 0 Å². The molecule has 9 heteroatoms. The lowest BCUT2D eigenvalue weighted by Crippen LogP contribution is -2.40. The molecule has 8 nitrogen and oxygen atoms in total. The molecular weight excluding hydrogens is 406 g/mol. The molecule has 0 aliphatic carbocycles. The maximum absolute atomic E-state index is 12.2. The van der Waals surface area contributed by atoms with E-state index in [4.69, 9.17) is 9.47 Å². The highest BCUT2D eigenvalue weighted by Crippen LogP contribution is 2.27. The first-order valence-corrected chi connectivity index (χ1v) is 11.3. The SMILES string of the molecule is CCOc1ccc(/C=N/NC(=O)CN(CCc2ccccc2)S(C)(=O)=O)cc1OC. The van der Waals surface area contributed by atoms with E-state index in [1.165, 1.54) is 13.3 Å². The fourth-order valence-corrected chi connectivity index (χ4v) is 3.45. The van der Waals surface area contributed by atoms with Gasteiger partial charge in [0.05, 0.1) is 32.7 Å². The number of carbonyl (C=O) groups excluding carboxylic acids is 1. The number of benzene rings is 2. The highest BCUT2D eigenvalue weighted by atomic mass is 32.2. The second-order valence-corrected chi connectivity index (χ2v) is 8.45. The van der Waals surface area contributed by atoms with Gasteiger partial charge in [0.25, 0.3) is 5.91 Å². The number of carbonyl (C=O) groups is 1. The third-order valence-corrected chi connectivity index (χ3v) is 5.42. The van der Waals surface area contributed by atoms with Crippen molar-refractivity contribution in [3.05, 3.63) is 59.7 Å². The van der Waals surface area contributed by atoms with Gasteiger partial charge < -0.3 is 9.47 Å². The topological polar surface area (TPSA) is 97.3 Å². The molecule has 0 radical (unpaired) electrons. The Morgan fingerprint density at radius 2 is 1.90 bits per heavy atom. The van der Waals surface area contributed by atoms with Gasteiger partial charge in [-0.15, -0.1) is 0 Å². The average molecular weight is 434 g/mol. The van der Waals surface area contributed by atoms with E-state index in [0.717, 1.165) is 16.1 Å². The third-order valence-electron chi connectivity index (χ3n) is 4.17. The minimum atomic E-state index is -3.54. The number of methoxy groups -OCH3 is 1. The summed E-state index contributed by atoms with van der Waals surface area (Å²) in [6.45, 7) is 2.29. The van der Waals surface area contributed by atoms with Crippen LogP contribution in [0.15, 0.2) is 53.6 Å². The number of hydrogen-bond donors (Lipinski definition) is 1. The number of nitrogens with one attached hydrogen (secondary N) is 1. The molecule has 0 unspecified atom stereocenters. The lowest BCUT2D eigenvalue weighted by molar-refractivity contribution is -0.121. The average Bonchev–Trinajstić information content (AvgIpc) is 2.72. The fourth-order valence-electron chi connectivity index (χ4n) is 2.67. The van der Waals surface area contributed by atoms with Crippen molar-refractivity contribution in [2.24, 2.45) is 5.10 Å². The minimum absolute atomic E-state index is 0.204. The van der Waals surface area contributed by atoms with Crippen molar-refractivity contribution in [1.82, 2.24) is 9.73 Å². The van der Waals surface area contributed by atoms with Gasteiger partial charge in [-0.3, -0.25) is 4.79 Å². The largest absolute Gasteiger partial charge is 0.493 e. The normalized spacial score (nSPS) is 11.6. The van der Waals surface area contributed by atoms with Crippen LogP contribution in [0.5, 0.6) is 11.5 Å². The maximum atomic E-state index is 12.2. The summed E-state index contributed by atoms with van der Waals surface area (Å²) in [6, 6.07) is 14.7. The minimum Gasteiger partial charge on any atom is -0.493 e. The molecule has 1 amide bonds. The van der Waals surface area contributed by atoms with Crippen molar-refractivity contribution in [3.63, 3.8) is 0 Å². The molecule has 2 aromatic rings. The lowest BCUT2D eigenvalue weighted by Gasteiger charge is -2.18. The summed E-state index contributed by atoms with van der Waals surface area (Å²) in [5.41, 5.74) is 4.05. The van der Waals surface area contributed by atoms with Gasteiger partial charge in [-0.2, -0.15) is 9.41 Å². The fraction of sp³-hybridized carbons (Fsp3) is 0.333. The van der Waals surface area contributed by atoms with Gasteiger partial charge in [0.15, 0.2) is 11.5 Å². The molecule has 30 heavy (non-hydrogen) atoms. The Bertz CT molecular complexity index is 962. The first-order valence-electron chi connectivity index (χ1n) is 9.45. The summed E-state index contributed by atoms with van der Waals surface area (Å²) in [7, 11) is -2.00. The van der Waals surface area contributed by atoms with Crippen LogP contribution in [0.1, 0.15) is 18.1 Å². The van der Waals surface area contributed by atoms with Crippen LogP contribution in [-0.4, -0.2) is 57.9 Å². The van der Waals surface area contributed by atoms with Gasteiger partial charge >= 0.3 is 0 Å². The highest BCUT2D eigenvalue weighted by Gasteiger charge is 2.19. The zero-order chi connectivity index (χ0) is 22.0. The van der Waals surface area contributed by atoms with Crippen LogP contribution in [0, 0.1) is 0 Å². The monoisotopic (exact) mass is 433 g/mol. The van der Waals surface area contributed by atoms with Gasteiger partial charge in [-0.1, -0.05) is 30.3 Å². The molecule has 0 fully saturated rings. The van der Waals surface area contributed by atoms with Crippen molar-refractivity contribution < 1.29 is 22.7 Å². The molecule has 0 saturated heterocycles. The summed E-state index contributed by atoms with van der Waals surface area (Å²) in [6.07, 6.45) is 3.04. The molecular formula is C21H27N3O5S.